The summed E-state index contributed by atoms with van der Waals surface area (Å²) in [7, 11) is 0. The Balaban J connectivity index is 1.81. The number of nitrogen functional groups attached to an aromatic ring is 1. The normalized spacial score (nSPS) is 22.1. The van der Waals surface area contributed by atoms with Gasteiger partial charge in [0.15, 0.2) is 0 Å². The van der Waals surface area contributed by atoms with Crippen molar-refractivity contribution in [1.82, 2.24) is 4.90 Å². The van der Waals surface area contributed by atoms with E-state index >= 15 is 0 Å². The number of nitrogens with two attached hydrogens (primary N) is 1. The van der Waals surface area contributed by atoms with Gasteiger partial charge >= 0.3 is 0 Å². The van der Waals surface area contributed by atoms with Gasteiger partial charge in [0.25, 0.3) is 0 Å². The zero-order chi connectivity index (χ0) is 15.2. The molecule has 2 N–H and O–H groups in total. The lowest BCUT2D eigenvalue weighted by atomic mass is 10.1. The van der Waals surface area contributed by atoms with Crippen molar-refractivity contribution in [1.29, 1.82) is 0 Å². The minimum atomic E-state index is 0.106. The Morgan fingerprint density at radius 3 is 2.81 bits per heavy atom. The Bertz CT molecular complexity index is 461. The maximum atomic E-state index is 12.3. The van der Waals surface area contributed by atoms with Crippen molar-refractivity contribution in [3.05, 3.63) is 24.3 Å². The van der Waals surface area contributed by atoms with Crippen molar-refractivity contribution in [3.8, 4) is 5.75 Å². The maximum Gasteiger partial charge on any atom is 0.226 e. The van der Waals surface area contributed by atoms with Crippen LogP contribution in [0.4, 0.5) is 5.69 Å². The lowest BCUT2D eigenvalue weighted by Crippen LogP contribution is -2.51. The summed E-state index contributed by atoms with van der Waals surface area (Å²) < 4.78 is 11.2. The van der Waals surface area contributed by atoms with E-state index in [0.717, 1.165) is 12.2 Å². The Labute approximate surface area is 126 Å². The van der Waals surface area contributed by atoms with E-state index < -0.39 is 0 Å². The van der Waals surface area contributed by atoms with Crippen molar-refractivity contribution in [3.63, 3.8) is 0 Å². The van der Waals surface area contributed by atoms with E-state index in [-0.39, 0.29) is 18.1 Å². The second kappa shape index (κ2) is 7.31. The molecule has 1 aliphatic heterocycles. The number of anilines is 1. The first-order chi connectivity index (χ1) is 10.1. The molecule has 1 aromatic rings. The third-order valence-electron chi connectivity index (χ3n) is 3.72. The van der Waals surface area contributed by atoms with Crippen LogP contribution in [0.5, 0.6) is 5.75 Å². The Morgan fingerprint density at radius 1 is 1.43 bits per heavy atom. The molecule has 1 amide bonds. The van der Waals surface area contributed by atoms with Gasteiger partial charge in [-0.2, -0.15) is 0 Å². The molecule has 116 valence electrons. The lowest BCUT2D eigenvalue weighted by molar-refractivity contribution is -0.144. The van der Waals surface area contributed by atoms with Gasteiger partial charge in [-0.1, -0.05) is 6.92 Å². The van der Waals surface area contributed by atoms with Crippen molar-refractivity contribution in [2.45, 2.75) is 38.8 Å². The molecule has 1 aliphatic rings. The van der Waals surface area contributed by atoms with Crippen LogP contribution in [0, 0.1) is 0 Å². The monoisotopic (exact) mass is 292 g/mol. The molecule has 1 fully saturated rings. The molecule has 0 radical (unpaired) electrons. The molecule has 1 aromatic carbocycles. The van der Waals surface area contributed by atoms with Crippen LogP contribution in [0.25, 0.3) is 0 Å². The number of hydrogen-bond donors (Lipinski definition) is 1. The molecule has 0 spiro atoms. The molecule has 2 rings (SSSR count). The quantitative estimate of drug-likeness (QED) is 0.844. The number of hydrogen-bond acceptors (Lipinski definition) is 4. The second-order valence-corrected chi connectivity index (χ2v) is 5.42. The number of rotatable bonds is 5. The zero-order valence-corrected chi connectivity index (χ0v) is 12.7. The molecular weight excluding hydrogens is 268 g/mol. The highest BCUT2D eigenvalue weighted by Crippen LogP contribution is 2.17. The van der Waals surface area contributed by atoms with Crippen LogP contribution in [0.15, 0.2) is 24.3 Å². The highest BCUT2D eigenvalue weighted by Gasteiger charge is 2.28. The molecule has 0 aromatic heterocycles. The Hall–Kier alpha value is -1.75. The number of carbonyl (C=O) groups excluding carboxylic acids is 1. The van der Waals surface area contributed by atoms with Crippen LogP contribution in [-0.2, 0) is 9.53 Å². The van der Waals surface area contributed by atoms with Crippen LogP contribution in [0.2, 0.25) is 0 Å². The van der Waals surface area contributed by atoms with E-state index in [1.54, 1.807) is 12.1 Å². The number of ether oxygens (including phenoxy) is 2. The number of benzene rings is 1. The predicted molar refractivity (Wildman–Crippen MR) is 82.2 cm³/mol. The predicted octanol–water partition coefficient (Wildman–Crippen LogP) is 2.06. The molecule has 2 unspecified atom stereocenters. The number of amides is 1. The second-order valence-electron chi connectivity index (χ2n) is 5.42. The largest absolute Gasteiger partial charge is 0.493 e. The average Bonchev–Trinajstić information content (AvgIpc) is 2.49. The number of carbonyl (C=O) groups is 1. The topological polar surface area (TPSA) is 64.8 Å². The van der Waals surface area contributed by atoms with E-state index in [1.165, 1.54) is 0 Å². The van der Waals surface area contributed by atoms with Crippen molar-refractivity contribution >= 4 is 11.6 Å². The zero-order valence-electron chi connectivity index (χ0n) is 12.7. The van der Waals surface area contributed by atoms with Gasteiger partial charge in [0.1, 0.15) is 5.75 Å². The van der Waals surface area contributed by atoms with Crippen LogP contribution in [0.3, 0.4) is 0 Å². The van der Waals surface area contributed by atoms with Crippen LogP contribution < -0.4 is 10.5 Å². The van der Waals surface area contributed by atoms with Gasteiger partial charge in [0.05, 0.1) is 31.8 Å². The molecule has 0 saturated carbocycles. The van der Waals surface area contributed by atoms with Gasteiger partial charge in [-0.25, -0.2) is 0 Å². The highest BCUT2D eigenvalue weighted by atomic mass is 16.5. The standard InChI is InChI=1S/C16H24N2O3/c1-3-14-11-21-12(2)10-18(14)16(19)8-9-20-15-6-4-13(17)5-7-15/h4-7,12,14H,3,8-11,17H2,1-2H3. The fourth-order valence-electron chi connectivity index (χ4n) is 2.45. The minimum Gasteiger partial charge on any atom is -0.493 e. The third-order valence-corrected chi connectivity index (χ3v) is 3.72. The molecule has 21 heavy (non-hydrogen) atoms. The Morgan fingerprint density at radius 2 is 2.14 bits per heavy atom. The van der Waals surface area contributed by atoms with Crippen LogP contribution >= 0.6 is 0 Å². The highest BCUT2D eigenvalue weighted by molar-refractivity contribution is 5.76. The van der Waals surface area contributed by atoms with Gasteiger partial charge in [-0.15, -0.1) is 0 Å². The molecule has 0 aliphatic carbocycles. The van der Waals surface area contributed by atoms with Gasteiger partial charge < -0.3 is 20.1 Å². The minimum absolute atomic E-state index is 0.106. The van der Waals surface area contributed by atoms with Crippen LogP contribution in [0.1, 0.15) is 26.7 Å². The summed E-state index contributed by atoms with van der Waals surface area (Å²) in [5, 5.41) is 0. The number of nitrogens with zero attached hydrogens (tertiary/aromatic N) is 1. The van der Waals surface area contributed by atoms with Gasteiger partial charge in [-0.3, -0.25) is 4.79 Å². The fourth-order valence-corrected chi connectivity index (χ4v) is 2.45. The molecule has 5 nitrogen and oxygen atoms in total. The van der Waals surface area contributed by atoms with Crippen molar-refractivity contribution < 1.29 is 14.3 Å². The van der Waals surface area contributed by atoms with E-state index in [0.29, 0.717) is 31.9 Å². The molecule has 0 bridgehead atoms. The fraction of sp³-hybridized carbons (Fsp3) is 0.562. The molecule has 2 atom stereocenters. The first kappa shape index (κ1) is 15.6. The summed E-state index contributed by atoms with van der Waals surface area (Å²) in [6, 6.07) is 7.38. The Kier molecular flexibility index (Phi) is 5.44. The van der Waals surface area contributed by atoms with E-state index in [9.17, 15) is 4.79 Å². The first-order valence-corrected chi connectivity index (χ1v) is 7.49. The smallest absolute Gasteiger partial charge is 0.226 e. The van der Waals surface area contributed by atoms with Gasteiger partial charge in [0, 0.05) is 12.2 Å². The SMILES string of the molecule is CCC1COC(C)CN1C(=O)CCOc1ccc(N)cc1. The first-order valence-electron chi connectivity index (χ1n) is 7.49. The molecule has 5 heteroatoms. The molecular formula is C16H24N2O3. The van der Waals surface area contributed by atoms with E-state index in [1.807, 2.05) is 24.0 Å². The summed E-state index contributed by atoms with van der Waals surface area (Å²) in [4.78, 5) is 14.3. The van der Waals surface area contributed by atoms with Crippen molar-refractivity contribution in [2.75, 3.05) is 25.5 Å². The van der Waals surface area contributed by atoms with Crippen molar-refractivity contribution in [2.24, 2.45) is 0 Å². The van der Waals surface area contributed by atoms with E-state index in [4.69, 9.17) is 15.2 Å². The molecule has 1 saturated heterocycles. The summed E-state index contributed by atoms with van der Waals surface area (Å²) in [6.07, 6.45) is 1.40. The van der Waals surface area contributed by atoms with Gasteiger partial charge in [-0.05, 0) is 37.6 Å². The van der Waals surface area contributed by atoms with E-state index in [2.05, 4.69) is 6.92 Å². The third kappa shape index (κ3) is 4.36. The summed E-state index contributed by atoms with van der Waals surface area (Å²) in [5.74, 6) is 0.867. The average molecular weight is 292 g/mol. The van der Waals surface area contributed by atoms with Crippen LogP contribution in [-0.4, -0.2) is 42.7 Å². The number of morpholine rings is 1. The summed E-state index contributed by atoms with van der Waals surface area (Å²) in [5.41, 5.74) is 6.32. The summed E-state index contributed by atoms with van der Waals surface area (Å²) >= 11 is 0. The summed E-state index contributed by atoms with van der Waals surface area (Å²) in [6.45, 7) is 5.75. The lowest BCUT2D eigenvalue weighted by Gasteiger charge is -2.38. The maximum absolute atomic E-state index is 12.3. The molecule has 1 heterocycles. The van der Waals surface area contributed by atoms with Gasteiger partial charge in [0.2, 0.25) is 5.91 Å².